The highest BCUT2D eigenvalue weighted by atomic mass is 16.5. The molecule has 114 valence electrons. The quantitative estimate of drug-likeness (QED) is 0.591. The van der Waals surface area contributed by atoms with Crippen LogP contribution in [0.1, 0.15) is 13.3 Å². The lowest BCUT2D eigenvalue weighted by molar-refractivity contribution is 0.0147. The molecule has 2 atom stereocenters. The Hall–Kier alpha value is -0.200. The molecule has 0 bridgehead atoms. The third kappa shape index (κ3) is 7.22. The summed E-state index contributed by atoms with van der Waals surface area (Å²) in [6.07, 6.45) is 1.25. The van der Waals surface area contributed by atoms with Crippen molar-refractivity contribution in [1.82, 2.24) is 4.90 Å². The van der Waals surface area contributed by atoms with E-state index in [0.29, 0.717) is 32.3 Å². The van der Waals surface area contributed by atoms with Crippen molar-refractivity contribution in [1.29, 1.82) is 0 Å². The maximum absolute atomic E-state index is 5.81. The molecular formula is C14H30N2O3. The molecule has 0 saturated carbocycles. The Balaban J connectivity index is 1.95. The number of hydrogen-bond donors (Lipinski definition) is 1. The molecule has 1 heterocycles. The van der Waals surface area contributed by atoms with E-state index in [1.54, 1.807) is 7.11 Å². The van der Waals surface area contributed by atoms with Crippen LogP contribution in [0.5, 0.6) is 0 Å². The van der Waals surface area contributed by atoms with Crippen molar-refractivity contribution in [3.63, 3.8) is 0 Å². The van der Waals surface area contributed by atoms with Crippen LogP contribution in [-0.2, 0) is 14.2 Å². The van der Waals surface area contributed by atoms with Crippen molar-refractivity contribution in [2.75, 3.05) is 66.3 Å². The summed E-state index contributed by atoms with van der Waals surface area (Å²) in [5.74, 6) is 1.41. The fraction of sp³-hybridized carbons (Fsp3) is 1.00. The summed E-state index contributed by atoms with van der Waals surface area (Å²) < 4.78 is 15.8. The molecule has 0 aromatic heterocycles. The highest BCUT2D eigenvalue weighted by molar-refractivity contribution is 4.78. The first kappa shape index (κ1) is 16.9. The summed E-state index contributed by atoms with van der Waals surface area (Å²) in [5, 5.41) is 0. The zero-order chi connectivity index (χ0) is 13.9. The number of ether oxygens (including phenoxy) is 3. The second kappa shape index (κ2) is 10.6. The van der Waals surface area contributed by atoms with Crippen LogP contribution < -0.4 is 5.73 Å². The molecule has 1 saturated heterocycles. The zero-order valence-electron chi connectivity index (χ0n) is 12.5. The maximum atomic E-state index is 5.81. The summed E-state index contributed by atoms with van der Waals surface area (Å²) in [6.45, 7) is 9.76. The van der Waals surface area contributed by atoms with Gasteiger partial charge in [0.15, 0.2) is 0 Å². The first-order chi connectivity index (χ1) is 9.27. The fourth-order valence-corrected chi connectivity index (χ4v) is 2.39. The third-order valence-electron chi connectivity index (χ3n) is 3.86. The van der Waals surface area contributed by atoms with E-state index >= 15 is 0 Å². The van der Waals surface area contributed by atoms with Crippen molar-refractivity contribution in [3.05, 3.63) is 0 Å². The van der Waals surface area contributed by atoms with Crippen LogP contribution in [0.15, 0.2) is 0 Å². The number of methoxy groups -OCH3 is 1. The molecule has 0 aromatic carbocycles. The van der Waals surface area contributed by atoms with Gasteiger partial charge in [0, 0.05) is 20.2 Å². The minimum absolute atomic E-state index is 0.641. The SMILES string of the molecule is COCCOCCOCCN1CCC(C)C(CN)C1. The minimum atomic E-state index is 0.641. The van der Waals surface area contributed by atoms with Crippen LogP contribution in [0, 0.1) is 11.8 Å². The summed E-state index contributed by atoms with van der Waals surface area (Å²) in [4.78, 5) is 2.46. The molecular weight excluding hydrogens is 244 g/mol. The smallest absolute Gasteiger partial charge is 0.0701 e. The van der Waals surface area contributed by atoms with Gasteiger partial charge in [-0.25, -0.2) is 0 Å². The Labute approximate surface area is 117 Å². The van der Waals surface area contributed by atoms with Crippen LogP contribution in [-0.4, -0.2) is 71.2 Å². The number of likely N-dealkylation sites (tertiary alicyclic amines) is 1. The lowest BCUT2D eigenvalue weighted by Gasteiger charge is -2.36. The Bertz CT molecular complexity index is 217. The van der Waals surface area contributed by atoms with Gasteiger partial charge in [0.25, 0.3) is 0 Å². The molecule has 0 aliphatic carbocycles. The van der Waals surface area contributed by atoms with Gasteiger partial charge in [-0.2, -0.15) is 0 Å². The number of rotatable bonds is 10. The molecule has 1 rings (SSSR count). The predicted molar refractivity (Wildman–Crippen MR) is 76.3 cm³/mol. The molecule has 0 spiro atoms. The molecule has 19 heavy (non-hydrogen) atoms. The molecule has 1 fully saturated rings. The van der Waals surface area contributed by atoms with Gasteiger partial charge in [0.05, 0.1) is 33.0 Å². The number of piperidine rings is 1. The third-order valence-corrected chi connectivity index (χ3v) is 3.86. The van der Waals surface area contributed by atoms with Crippen molar-refractivity contribution in [2.24, 2.45) is 17.6 Å². The Morgan fingerprint density at radius 2 is 1.79 bits per heavy atom. The Morgan fingerprint density at radius 3 is 2.47 bits per heavy atom. The topological polar surface area (TPSA) is 57.0 Å². The van der Waals surface area contributed by atoms with E-state index in [1.807, 2.05) is 0 Å². The van der Waals surface area contributed by atoms with Crippen LogP contribution in [0.2, 0.25) is 0 Å². The van der Waals surface area contributed by atoms with E-state index in [-0.39, 0.29) is 0 Å². The van der Waals surface area contributed by atoms with E-state index in [2.05, 4.69) is 11.8 Å². The van der Waals surface area contributed by atoms with Gasteiger partial charge in [-0.1, -0.05) is 6.92 Å². The second-order valence-electron chi connectivity index (χ2n) is 5.28. The first-order valence-electron chi connectivity index (χ1n) is 7.34. The van der Waals surface area contributed by atoms with Gasteiger partial charge in [-0.3, -0.25) is 0 Å². The van der Waals surface area contributed by atoms with Gasteiger partial charge in [-0.15, -0.1) is 0 Å². The van der Waals surface area contributed by atoms with E-state index < -0.39 is 0 Å². The fourth-order valence-electron chi connectivity index (χ4n) is 2.39. The lowest BCUT2D eigenvalue weighted by Crippen LogP contribution is -2.43. The van der Waals surface area contributed by atoms with Gasteiger partial charge >= 0.3 is 0 Å². The summed E-state index contributed by atoms with van der Waals surface area (Å²) in [6, 6.07) is 0. The number of hydrogen-bond acceptors (Lipinski definition) is 5. The van der Waals surface area contributed by atoms with E-state index in [4.69, 9.17) is 19.9 Å². The number of nitrogens with two attached hydrogens (primary N) is 1. The lowest BCUT2D eigenvalue weighted by atomic mass is 9.87. The summed E-state index contributed by atoms with van der Waals surface area (Å²) in [5.41, 5.74) is 5.81. The van der Waals surface area contributed by atoms with Crippen LogP contribution in [0.4, 0.5) is 0 Å². The standard InChI is InChI=1S/C14H30N2O3/c1-13-3-4-16(12-14(13)11-15)5-6-18-9-10-19-8-7-17-2/h13-14H,3-12,15H2,1-2H3. The second-order valence-corrected chi connectivity index (χ2v) is 5.28. The van der Waals surface area contributed by atoms with E-state index in [0.717, 1.165) is 32.2 Å². The Kier molecular flexibility index (Phi) is 9.38. The number of nitrogens with zero attached hydrogens (tertiary/aromatic N) is 1. The van der Waals surface area contributed by atoms with E-state index in [9.17, 15) is 0 Å². The normalized spacial score (nSPS) is 24.8. The molecule has 2 unspecified atom stereocenters. The molecule has 5 heteroatoms. The maximum Gasteiger partial charge on any atom is 0.0701 e. The van der Waals surface area contributed by atoms with Crippen molar-refractivity contribution < 1.29 is 14.2 Å². The molecule has 1 aliphatic heterocycles. The van der Waals surface area contributed by atoms with Crippen LogP contribution >= 0.6 is 0 Å². The van der Waals surface area contributed by atoms with Gasteiger partial charge in [0.1, 0.15) is 0 Å². The minimum Gasteiger partial charge on any atom is -0.382 e. The highest BCUT2D eigenvalue weighted by Crippen LogP contribution is 2.21. The zero-order valence-corrected chi connectivity index (χ0v) is 12.5. The molecule has 5 nitrogen and oxygen atoms in total. The average molecular weight is 274 g/mol. The molecule has 0 aromatic rings. The van der Waals surface area contributed by atoms with Crippen molar-refractivity contribution in [2.45, 2.75) is 13.3 Å². The summed E-state index contributed by atoms with van der Waals surface area (Å²) in [7, 11) is 1.67. The van der Waals surface area contributed by atoms with Gasteiger partial charge in [0.2, 0.25) is 0 Å². The largest absolute Gasteiger partial charge is 0.382 e. The Morgan fingerprint density at radius 1 is 1.11 bits per heavy atom. The van der Waals surface area contributed by atoms with Gasteiger partial charge in [-0.05, 0) is 31.3 Å². The molecule has 2 N–H and O–H groups in total. The molecule has 1 aliphatic rings. The predicted octanol–water partition coefficient (Wildman–Crippen LogP) is 0.583. The van der Waals surface area contributed by atoms with Crippen molar-refractivity contribution >= 4 is 0 Å². The van der Waals surface area contributed by atoms with Crippen LogP contribution in [0.3, 0.4) is 0 Å². The van der Waals surface area contributed by atoms with Gasteiger partial charge < -0.3 is 24.8 Å². The first-order valence-corrected chi connectivity index (χ1v) is 7.34. The molecule has 0 radical (unpaired) electrons. The monoisotopic (exact) mass is 274 g/mol. The van der Waals surface area contributed by atoms with E-state index in [1.165, 1.54) is 13.0 Å². The average Bonchev–Trinajstić information content (AvgIpc) is 2.43. The van der Waals surface area contributed by atoms with Crippen LogP contribution in [0.25, 0.3) is 0 Å². The van der Waals surface area contributed by atoms with Crippen molar-refractivity contribution in [3.8, 4) is 0 Å². The summed E-state index contributed by atoms with van der Waals surface area (Å²) >= 11 is 0. The highest BCUT2D eigenvalue weighted by Gasteiger charge is 2.24. The molecule has 0 amide bonds.